The van der Waals surface area contributed by atoms with Crippen molar-refractivity contribution in [2.24, 2.45) is 0 Å². The highest BCUT2D eigenvalue weighted by Gasteiger charge is 2.32. The average molecular weight is 246 g/mol. The Labute approximate surface area is 109 Å². The summed E-state index contributed by atoms with van der Waals surface area (Å²) in [5.74, 6) is 1.08. The minimum atomic E-state index is 0.523. The van der Waals surface area contributed by atoms with Gasteiger partial charge in [0.1, 0.15) is 5.75 Å². The number of ether oxygens (including phenoxy) is 1. The van der Waals surface area contributed by atoms with Gasteiger partial charge in [0.15, 0.2) is 0 Å². The van der Waals surface area contributed by atoms with Gasteiger partial charge in [0.25, 0.3) is 0 Å². The molecule has 18 heavy (non-hydrogen) atoms. The predicted molar refractivity (Wildman–Crippen MR) is 72.9 cm³/mol. The summed E-state index contributed by atoms with van der Waals surface area (Å²) in [5, 5.41) is 3.55. The molecule has 3 unspecified atom stereocenters. The first-order valence-corrected chi connectivity index (χ1v) is 6.96. The van der Waals surface area contributed by atoms with E-state index in [1.54, 1.807) is 0 Å². The number of para-hydroxylation sites is 1. The van der Waals surface area contributed by atoms with E-state index >= 15 is 0 Å². The normalized spacial score (nSPS) is 32.7. The maximum Gasteiger partial charge on any atom is 0.124 e. The minimum Gasteiger partial charge on any atom is -0.493 e. The highest BCUT2D eigenvalue weighted by Crippen LogP contribution is 2.37. The standard InChI is InChI=1S/C15H22N2O/c1-11-10-17(12(2)9-16-11)14-7-8-18-15-6-4-3-5-13(14)15/h3-6,11-12,14,16H,7-10H2,1-2H3. The van der Waals surface area contributed by atoms with Gasteiger partial charge in [0, 0.05) is 43.2 Å². The maximum atomic E-state index is 5.76. The molecule has 0 bridgehead atoms. The number of rotatable bonds is 1. The van der Waals surface area contributed by atoms with Gasteiger partial charge in [0.2, 0.25) is 0 Å². The molecule has 0 amide bonds. The summed E-state index contributed by atoms with van der Waals surface area (Å²) >= 11 is 0. The SMILES string of the molecule is CC1CN(C2CCOc3ccccc32)C(C)CN1. The van der Waals surface area contributed by atoms with Gasteiger partial charge in [0.05, 0.1) is 6.61 Å². The smallest absolute Gasteiger partial charge is 0.124 e. The van der Waals surface area contributed by atoms with E-state index in [9.17, 15) is 0 Å². The molecule has 0 radical (unpaired) electrons. The third-order valence-corrected chi connectivity index (χ3v) is 4.14. The number of nitrogens with one attached hydrogen (secondary N) is 1. The molecule has 1 aromatic rings. The molecule has 2 heterocycles. The number of fused-ring (bicyclic) bond motifs is 1. The molecule has 2 aliphatic rings. The lowest BCUT2D eigenvalue weighted by Crippen LogP contribution is -2.55. The average Bonchev–Trinajstić information content (AvgIpc) is 2.41. The molecule has 3 rings (SSSR count). The van der Waals surface area contributed by atoms with Crippen molar-refractivity contribution in [2.45, 2.75) is 38.4 Å². The topological polar surface area (TPSA) is 24.5 Å². The minimum absolute atomic E-state index is 0.523. The van der Waals surface area contributed by atoms with Crippen LogP contribution in [0.3, 0.4) is 0 Å². The van der Waals surface area contributed by atoms with Crippen molar-refractivity contribution in [3.05, 3.63) is 29.8 Å². The first-order valence-electron chi connectivity index (χ1n) is 6.96. The second-order valence-electron chi connectivity index (χ2n) is 5.55. The van der Waals surface area contributed by atoms with Crippen LogP contribution in [-0.4, -0.2) is 36.7 Å². The molecular formula is C15H22N2O. The Kier molecular flexibility index (Phi) is 3.27. The van der Waals surface area contributed by atoms with Crippen molar-refractivity contribution in [1.82, 2.24) is 10.2 Å². The molecule has 3 atom stereocenters. The molecule has 0 aliphatic carbocycles. The molecule has 3 heteroatoms. The van der Waals surface area contributed by atoms with Crippen LogP contribution in [0.4, 0.5) is 0 Å². The zero-order chi connectivity index (χ0) is 12.5. The lowest BCUT2D eigenvalue weighted by atomic mass is 9.96. The molecule has 98 valence electrons. The number of benzene rings is 1. The Hall–Kier alpha value is -1.06. The highest BCUT2D eigenvalue weighted by molar-refractivity contribution is 5.37. The van der Waals surface area contributed by atoms with Gasteiger partial charge in [-0.25, -0.2) is 0 Å². The summed E-state index contributed by atoms with van der Waals surface area (Å²) in [5.41, 5.74) is 1.37. The van der Waals surface area contributed by atoms with Crippen molar-refractivity contribution in [2.75, 3.05) is 19.7 Å². The van der Waals surface area contributed by atoms with E-state index in [0.717, 1.165) is 31.9 Å². The van der Waals surface area contributed by atoms with Crippen LogP contribution < -0.4 is 10.1 Å². The van der Waals surface area contributed by atoms with Gasteiger partial charge in [-0.05, 0) is 19.9 Å². The van der Waals surface area contributed by atoms with E-state index in [1.807, 2.05) is 0 Å². The molecule has 0 aromatic heterocycles. The summed E-state index contributed by atoms with van der Waals surface area (Å²) in [7, 11) is 0. The van der Waals surface area contributed by atoms with Gasteiger partial charge in [-0.1, -0.05) is 18.2 Å². The Morgan fingerprint density at radius 1 is 1.28 bits per heavy atom. The number of piperazine rings is 1. The Morgan fingerprint density at radius 2 is 2.11 bits per heavy atom. The summed E-state index contributed by atoms with van der Waals surface area (Å²) < 4.78 is 5.76. The van der Waals surface area contributed by atoms with E-state index in [0.29, 0.717) is 18.1 Å². The second kappa shape index (κ2) is 4.90. The van der Waals surface area contributed by atoms with Crippen molar-refractivity contribution >= 4 is 0 Å². The molecule has 2 aliphatic heterocycles. The van der Waals surface area contributed by atoms with E-state index in [4.69, 9.17) is 4.74 Å². The fourth-order valence-electron chi connectivity index (χ4n) is 3.15. The number of nitrogens with zero attached hydrogens (tertiary/aromatic N) is 1. The van der Waals surface area contributed by atoms with Crippen LogP contribution in [0.2, 0.25) is 0 Å². The van der Waals surface area contributed by atoms with Crippen molar-refractivity contribution in [3.63, 3.8) is 0 Å². The Morgan fingerprint density at radius 3 is 3.00 bits per heavy atom. The number of hydrogen-bond acceptors (Lipinski definition) is 3. The van der Waals surface area contributed by atoms with Crippen LogP contribution in [0.5, 0.6) is 5.75 Å². The largest absolute Gasteiger partial charge is 0.493 e. The Bertz CT molecular complexity index is 421. The molecular weight excluding hydrogens is 224 g/mol. The highest BCUT2D eigenvalue weighted by atomic mass is 16.5. The van der Waals surface area contributed by atoms with Crippen molar-refractivity contribution < 1.29 is 4.74 Å². The monoisotopic (exact) mass is 246 g/mol. The van der Waals surface area contributed by atoms with Crippen molar-refractivity contribution in [1.29, 1.82) is 0 Å². The van der Waals surface area contributed by atoms with Crippen LogP contribution in [0.1, 0.15) is 31.9 Å². The second-order valence-corrected chi connectivity index (χ2v) is 5.55. The fourth-order valence-corrected chi connectivity index (χ4v) is 3.15. The molecule has 3 nitrogen and oxygen atoms in total. The van der Waals surface area contributed by atoms with Crippen LogP contribution in [-0.2, 0) is 0 Å². The summed E-state index contributed by atoms with van der Waals surface area (Å²) in [6.07, 6.45) is 1.11. The zero-order valence-electron chi connectivity index (χ0n) is 11.2. The summed E-state index contributed by atoms with van der Waals surface area (Å²) in [4.78, 5) is 2.64. The quantitative estimate of drug-likeness (QED) is 0.822. The van der Waals surface area contributed by atoms with E-state index in [-0.39, 0.29) is 0 Å². The molecule has 1 fully saturated rings. The van der Waals surface area contributed by atoms with Gasteiger partial charge >= 0.3 is 0 Å². The Balaban J connectivity index is 1.88. The number of hydrogen-bond donors (Lipinski definition) is 1. The summed E-state index contributed by atoms with van der Waals surface area (Å²) in [6, 6.07) is 10.2. The molecule has 0 saturated carbocycles. The first-order chi connectivity index (χ1) is 8.75. The van der Waals surface area contributed by atoms with Gasteiger partial charge in [-0.15, -0.1) is 0 Å². The maximum absolute atomic E-state index is 5.76. The van der Waals surface area contributed by atoms with E-state index in [2.05, 4.69) is 48.3 Å². The fraction of sp³-hybridized carbons (Fsp3) is 0.600. The van der Waals surface area contributed by atoms with Crippen LogP contribution in [0.15, 0.2) is 24.3 Å². The predicted octanol–water partition coefficient (Wildman–Crippen LogP) is 2.19. The third-order valence-electron chi connectivity index (χ3n) is 4.14. The first kappa shape index (κ1) is 12.0. The van der Waals surface area contributed by atoms with E-state index < -0.39 is 0 Å². The van der Waals surface area contributed by atoms with Gasteiger partial charge in [-0.2, -0.15) is 0 Å². The van der Waals surface area contributed by atoms with Crippen LogP contribution in [0.25, 0.3) is 0 Å². The molecule has 0 spiro atoms. The van der Waals surface area contributed by atoms with Crippen LogP contribution >= 0.6 is 0 Å². The van der Waals surface area contributed by atoms with Crippen LogP contribution in [0, 0.1) is 0 Å². The molecule has 1 aromatic carbocycles. The zero-order valence-corrected chi connectivity index (χ0v) is 11.2. The molecule has 1 N–H and O–H groups in total. The van der Waals surface area contributed by atoms with Gasteiger partial charge in [-0.3, -0.25) is 4.90 Å². The van der Waals surface area contributed by atoms with Crippen molar-refractivity contribution in [3.8, 4) is 5.75 Å². The third kappa shape index (κ3) is 2.13. The molecule has 1 saturated heterocycles. The summed E-state index contributed by atoms with van der Waals surface area (Å²) in [6.45, 7) is 7.63. The lowest BCUT2D eigenvalue weighted by molar-refractivity contribution is 0.0686. The van der Waals surface area contributed by atoms with E-state index in [1.165, 1.54) is 5.56 Å². The lowest BCUT2D eigenvalue weighted by Gasteiger charge is -2.44. The van der Waals surface area contributed by atoms with Gasteiger partial charge < -0.3 is 10.1 Å².